The number of tetrazole rings is 1. The minimum Gasteiger partial charge on any atom is -0.192 e. The maximum absolute atomic E-state index is 6.15. The Bertz CT molecular complexity index is 706. The van der Waals surface area contributed by atoms with Crippen molar-refractivity contribution < 1.29 is 0 Å². The first-order valence-electron chi connectivity index (χ1n) is 5.86. The molecule has 0 aliphatic carbocycles. The first-order valence-corrected chi connectivity index (χ1v) is 6.24. The topological polar surface area (TPSA) is 43.6 Å². The summed E-state index contributed by atoms with van der Waals surface area (Å²) in [5, 5.41) is 12.6. The van der Waals surface area contributed by atoms with Crippen LogP contribution in [0.3, 0.4) is 0 Å². The average Bonchev–Trinajstić information content (AvgIpc) is 2.92. The van der Waals surface area contributed by atoms with Gasteiger partial charge in [0.25, 0.3) is 0 Å². The van der Waals surface area contributed by atoms with Crippen molar-refractivity contribution in [2.75, 3.05) is 0 Å². The highest BCUT2D eigenvalue weighted by Gasteiger charge is 2.13. The second kappa shape index (κ2) is 4.82. The Hall–Kier alpha value is -2.20. The number of hydrogen-bond donors (Lipinski definition) is 0. The van der Waals surface area contributed by atoms with E-state index in [0.717, 1.165) is 16.8 Å². The Morgan fingerprint density at radius 1 is 1.00 bits per heavy atom. The van der Waals surface area contributed by atoms with Crippen LogP contribution in [-0.2, 0) is 0 Å². The molecule has 19 heavy (non-hydrogen) atoms. The van der Waals surface area contributed by atoms with E-state index in [1.807, 2.05) is 55.5 Å². The van der Waals surface area contributed by atoms with Crippen LogP contribution in [0.25, 0.3) is 17.1 Å². The molecule has 0 fully saturated rings. The summed E-state index contributed by atoms with van der Waals surface area (Å²) in [6, 6.07) is 15.5. The molecular formula is C14H11ClN4. The van der Waals surface area contributed by atoms with Gasteiger partial charge in [-0.2, -0.15) is 4.68 Å². The molecule has 0 unspecified atom stereocenters. The predicted octanol–water partition coefficient (Wildman–Crippen LogP) is 3.29. The fourth-order valence-electron chi connectivity index (χ4n) is 1.94. The molecule has 0 aliphatic heterocycles. The summed E-state index contributed by atoms with van der Waals surface area (Å²) in [6.07, 6.45) is 0. The van der Waals surface area contributed by atoms with Gasteiger partial charge < -0.3 is 0 Å². The molecule has 4 nitrogen and oxygen atoms in total. The van der Waals surface area contributed by atoms with Crippen molar-refractivity contribution in [2.24, 2.45) is 0 Å². The van der Waals surface area contributed by atoms with E-state index in [1.165, 1.54) is 0 Å². The SMILES string of the molecule is Cc1c(Cl)cccc1-n1nnnc1-c1ccccc1. The van der Waals surface area contributed by atoms with Gasteiger partial charge in [-0.15, -0.1) is 5.10 Å². The summed E-state index contributed by atoms with van der Waals surface area (Å²) in [5.74, 6) is 0.700. The molecule has 0 spiro atoms. The molecule has 1 heterocycles. The maximum atomic E-state index is 6.15. The van der Waals surface area contributed by atoms with Gasteiger partial charge in [-0.05, 0) is 35.0 Å². The smallest absolute Gasteiger partial charge is 0.187 e. The van der Waals surface area contributed by atoms with Gasteiger partial charge in [-0.25, -0.2) is 0 Å². The highest BCUT2D eigenvalue weighted by atomic mass is 35.5. The van der Waals surface area contributed by atoms with Crippen molar-refractivity contribution in [1.82, 2.24) is 20.2 Å². The van der Waals surface area contributed by atoms with Gasteiger partial charge in [-0.3, -0.25) is 0 Å². The van der Waals surface area contributed by atoms with E-state index in [9.17, 15) is 0 Å². The van der Waals surface area contributed by atoms with E-state index in [-0.39, 0.29) is 0 Å². The van der Waals surface area contributed by atoms with E-state index in [1.54, 1.807) is 4.68 Å². The molecule has 94 valence electrons. The van der Waals surface area contributed by atoms with E-state index in [2.05, 4.69) is 15.5 Å². The second-order valence-electron chi connectivity index (χ2n) is 4.16. The van der Waals surface area contributed by atoms with E-state index in [0.29, 0.717) is 10.8 Å². The van der Waals surface area contributed by atoms with Crippen molar-refractivity contribution in [3.05, 3.63) is 59.1 Å². The van der Waals surface area contributed by atoms with Crippen LogP contribution in [0.1, 0.15) is 5.56 Å². The van der Waals surface area contributed by atoms with E-state index < -0.39 is 0 Å². The fraction of sp³-hybridized carbons (Fsp3) is 0.0714. The van der Waals surface area contributed by atoms with Gasteiger partial charge in [0.15, 0.2) is 5.82 Å². The summed E-state index contributed by atoms with van der Waals surface area (Å²) < 4.78 is 1.70. The maximum Gasteiger partial charge on any atom is 0.187 e. The van der Waals surface area contributed by atoms with Crippen LogP contribution in [-0.4, -0.2) is 20.2 Å². The van der Waals surface area contributed by atoms with Crippen LogP contribution in [0.4, 0.5) is 0 Å². The predicted molar refractivity (Wildman–Crippen MR) is 74.3 cm³/mol. The summed E-state index contributed by atoms with van der Waals surface area (Å²) in [4.78, 5) is 0. The lowest BCUT2D eigenvalue weighted by molar-refractivity contribution is 0.787. The molecular weight excluding hydrogens is 260 g/mol. The molecule has 5 heteroatoms. The third kappa shape index (κ3) is 2.11. The Balaban J connectivity index is 2.18. The lowest BCUT2D eigenvalue weighted by atomic mass is 10.2. The van der Waals surface area contributed by atoms with Crippen LogP contribution in [0.2, 0.25) is 5.02 Å². The molecule has 0 bridgehead atoms. The third-order valence-corrected chi connectivity index (χ3v) is 3.38. The highest BCUT2D eigenvalue weighted by Crippen LogP contribution is 2.25. The minimum absolute atomic E-state index is 0.700. The molecule has 0 aliphatic rings. The van der Waals surface area contributed by atoms with E-state index >= 15 is 0 Å². The van der Waals surface area contributed by atoms with Crippen molar-refractivity contribution in [1.29, 1.82) is 0 Å². The third-order valence-electron chi connectivity index (χ3n) is 2.97. The first-order chi connectivity index (χ1) is 9.27. The molecule has 0 amide bonds. The highest BCUT2D eigenvalue weighted by molar-refractivity contribution is 6.31. The van der Waals surface area contributed by atoms with Crippen molar-refractivity contribution in [3.63, 3.8) is 0 Å². The Morgan fingerprint density at radius 3 is 2.58 bits per heavy atom. The number of halogens is 1. The normalized spacial score (nSPS) is 10.6. The minimum atomic E-state index is 0.700. The van der Waals surface area contributed by atoms with Crippen molar-refractivity contribution in [2.45, 2.75) is 6.92 Å². The number of rotatable bonds is 2. The van der Waals surface area contributed by atoms with Gasteiger partial charge in [-0.1, -0.05) is 48.0 Å². The van der Waals surface area contributed by atoms with Crippen LogP contribution in [0.5, 0.6) is 0 Å². The lowest BCUT2D eigenvalue weighted by Crippen LogP contribution is -2.02. The standard InChI is InChI=1S/C14H11ClN4/c1-10-12(15)8-5-9-13(10)19-14(16-17-18-19)11-6-3-2-4-7-11/h2-9H,1H3. The summed E-state index contributed by atoms with van der Waals surface area (Å²) >= 11 is 6.15. The second-order valence-corrected chi connectivity index (χ2v) is 4.57. The molecule has 3 rings (SSSR count). The van der Waals surface area contributed by atoms with Crippen molar-refractivity contribution in [3.8, 4) is 17.1 Å². The first kappa shape index (κ1) is 11.9. The average molecular weight is 271 g/mol. The van der Waals surface area contributed by atoms with E-state index in [4.69, 9.17) is 11.6 Å². The number of nitrogens with zero attached hydrogens (tertiary/aromatic N) is 4. The molecule has 1 aromatic heterocycles. The van der Waals surface area contributed by atoms with Gasteiger partial charge in [0.1, 0.15) is 0 Å². The summed E-state index contributed by atoms with van der Waals surface area (Å²) in [5.41, 5.74) is 2.80. The molecule has 0 radical (unpaired) electrons. The Morgan fingerprint density at radius 2 is 1.79 bits per heavy atom. The number of benzene rings is 2. The quantitative estimate of drug-likeness (QED) is 0.718. The molecule has 3 aromatic rings. The zero-order chi connectivity index (χ0) is 13.2. The monoisotopic (exact) mass is 270 g/mol. The fourth-order valence-corrected chi connectivity index (χ4v) is 2.11. The lowest BCUT2D eigenvalue weighted by Gasteiger charge is -2.08. The van der Waals surface area contributed by atoms with Gasteiger partial charge in [0, 0.05) is 10.6 Å². The van der Waals surface area contributed by atoms with Gasteiger partial charge in [0.05, 0.1) is 5.69 Å². The summed E-state index contributed by atoms with van der Waals surface area (Å²) in [6.45, 7) is 1.95. The molecule has 0 atom stereocenters. The molecule has 0 saturated carbocycles. The van der Waals surface area contributed by atoms with Crippen LogP contribution in [0, 0.1) is 6.92 Å². The van der Waals surface area contributed by atoms with Crippen molar-refractivity contribution >= 4 is 11.6 Å². The zero-order valence-corrected chi connectivity index (χ0v) is 11.0. The summed E-state index contributed by atoms with van der Waals surface area (Å²) in [7, 11) is 0. The molecule has 0 saturated heterocycles. The van der Waals surface area contributed by atoms with Crippen LogP contribution in [0.15, 0.2) is 48.5 Å². The van der Waals surface area contributed by atoms with Crippen LogP contribution >= 0.6 is 11.6 Å². The Labute approximate surface area is 115 Å². The van der Waals surface area contributed by atoms with Gasteiger partial charge in [0.2, 0.25) is 0 Å². The van der Waals surface area contributed by atoms with Crippen LogP contribution < -0.4 is 0 Å². The molecule has 0 N–H and O–H groups in total. The Kier molecular flexibility index (Phi) is 3.01. The van der Waals surface area contributed by atoms with Gasteiger partial charge >= 0.3 is 0 Å². The number of hydrogen-bond acceptors (Lipinski definition) is 3. The zero-order valence-electron chi connectivity index (χ0n) is 10.3. The number of aromatic nitrogens is 4. The largest absolute Gasteiger partial charge is 0.192 e. The molecule has 2 aromatic carbocycles.